The van der Waals surface area contributed by atoms with Crippen LogP contribution in [0.4, 0.5) is 0 Å². The van der Waals surface area contributed by atoms with E-state index in [4.69, 9.17) is 5.11 Å². The van der Waals surface area contributed by atoms with E-state index in [1.807, 2.05) is 0 Å². The Kier molecular flexibility index (Phi) is 7.87. The van der Waals surface area contributed by atoms with Gasteiger partial charge in [0, 0.05) is 18.7 Å². The Morgan fingerprint density at radius 3 is 2.47 bits per heavy atom. The Bertz CT molecular complexity index is 178. The van der Waals surface area contributed by atoms with Crippen molar-refractivity contribution in [1.29, 1.82) is 0 Å². The summed E-state index contributed by atoms with van der Waals surface area (Å²) < 4.78 is 0. The number of rotatable bonds is 8. The van der Waals surface area contributed by atoms with Gasteiger partial charge < -0.3 is 10.4 Å². The predicted molar refractivity (Wildman–Crippen MR) is 74.2 cm³/mol. The molecule has 1 rings (SSSR count). The van der Waals surface area contributed by atoms with Crippen molar-refractivity contribution in [3.63, 3.8) is 0 Å². The van der Waals surface area contributed by atoms with Crippen LogP contribution in [0, 0.1) is 5.92 Å². The van der Waals surface area contributed by atoms with Crippen molar-refractivity contribution < 1.29 is 5.11 Å². The van der Waals surface area contributed by atoms with Gasteiger partial charge in [-0.05, 0) is 44.9 Å². The van der Waals surface area contributed by atoms with Gasteiger partial charge in [0.2, 0.25) is 0 Å². The third-order valence-corrected chi connectivity index (χ3v) is 4.11. The lowest BCUT2D eigenvalue weighted by atomic mass is 9.82. The van der Waals surface area contributed by atoms with Gasteiger partial charge in [-0.15, -0.1) is 0 Å². The van der Waals surface area contributed by atoms with Gasteiger partial charge in [0.1, 0.15) is 0 Å². The molecule has 0 amide bonds. The molecule has 0 heterocycles. The molecule has 0 aromatic carbocycles. The molecular weight excluding hydrogens is 210 g/mol. The molecule has 102 valence electrons. The van der Waals surface area contributed by atoms with Crippen molar-refractivity contribution in [2.24, 2.45) is 5.92 Å². The SMILES string of the molecule is CCCC(NC(C)CCCO)C1CCCCC1. The van der Waals surface area contributed by atoms with Crippen molar-refractivity contribution in [3.8, 4) is 0 Å². The van der Waals surface area contributed by atoms with E-state index >= 15 is 0 Å². The van der Waals surface area contributed by atoms with Gasteiger partial charge in [0.15, 0.2) is 0 Å². The minimum Gasteiger partial charge on any atom is -0.396 e. The maximum absolute atomic E-state index is 8.87. The van der Waals surface area contributed by atoms with Gasteiger partial charge in [-0.25, -0.2) is 0 Å². The van der Waals surface area contributed by atoms with Crippen LogP contribution in [0.2, 0.25) is 0 Å². The number of nitrogens with one attached hydrogen (secondary N) is 1. The largest absolute Gasteiger partial charge is 0.396 e. The average molecular weight is 241 g/mol. The summed E-state index contributed by atoms with van der Waals surface area (Å²) >= 11 is 0. The summed E-state index contributed by atoms with van der Waals surface area (Å²) in [6.45, 7) is 4.88. The van der Waals surface area contributed by atoms with E-state index in [-0.39, 0.29) is 0 Å². The predicted octanol–water partition coefficient (Wildman–Crippen LogP) is 3.49. The lowest BCUT2D eigenvalue weighted by Crippen LogP contribution is -2.42. The highest BCUT2D eigenvalue weighted by atomic mass is 16.2. The Morgan fingerprint density at radius 2 is 1.88 bits per heavy atom. The summed E-state index contributed by atoms with van der Waals surface area (Å²) in [4.78, 5) is 0. The molecule has 2 unspecified atom stereocenters. The Balaban J connectivity index is 2.35. The first kappa shape index (κ1) is 15.0. The molecule has 2 nitrogen and oxygen atoms in total. The summed E-state index contributed by atoms with van der Waals surface area (Å²) in [5, 5.41) is 12.7. The van der Waals surface area contributed by atoms with Gasteiger partial charge in [-0.3, -0.25) is 0 Å². The molecule has 2 atom stereocenters. The molecule has 2 N–H and O–H groups in total. The number of hydrogen-bond donors (Lipinski definition) is 2. The van der Waals surface area contributed by atoms with Gasteiger partial charge in [-0.2, -0.15) is 0 Å². The van der Waals surface area contributed by atoms with Crippen LogP contribution in [0.3, 0.4) is 0 Å². The van der Waals surface area contributed by atoms with Gasteiger partial charge in [-0.1, -0.05) is 32.6 Å². The molecular formula is C15H31NO. The molecule has 0 bridgehead atoms. The minimum atomic E-state index is 0.327. The molecule has 0 radical (unpaired) electrons. The van der Waals surface area contributed by atoms with Gasteiger partial charge in [0.05, 0.1) is 0 Å². The molecule has 1 fully saturated rings. The van der Waals surface area contributed by atoms with Crippen LogP contribution < -0.4 is 5.32 Å². The Hall–Kier alpha value is -0.0800. The first-order valence-corrected chi connectivity index (χ1v) is 7.64. The van der Waals surface area contributed by atoms with E-state index in [1.54, 1.807) is 0 Å². The highest BCUT2D eigenvalue weighted by Crippen LogP contribution is 2.28. The van der Waals surface area contributed by atoms with Crippen LogP contribution in [0.25, 0.3) is 0 Å². The molecule has 0 spiro atoms. The molecule has 0 saturated heterocycles. The van der Waals surface area contributed by atoms with Crippen LogP contribution in [0.1, 0.15) is 71.6 Å². The van der Waals surface area contributed by atoms with E-state index in [0.29, 0.717) is 18.7 Å². The van der Waals surface area contributed by atoms with Crippen molar-refractivity contribution in [3.05, 3.63) is 0 Å². The molecule has 0 aromatic heterocycles. The van der Waals surface area contributed by atoms with Crippen LogP contribution in [-0.4, -0.2) is 23.8 Å². The molecule has 17 heavy (non-hydrogen) atoms. The molecule has 1 aliphatic rings. The standard InChI is InChI=1S/C15H31NO/c1-3-8-15(14-10-5-4-6-11-14)16-13(2)9-7-12-17/h13-17H,3-12H2,1-2H3. The maximum atomic E-state index is 8.87. The van der Waals surface area contributed by atoms with E-state index < -0.39 is 0 Å². The zero-order valence-electron chi connectivity index (χ0n) is 11.8. The van der Waals surface area contributed by atoms with Crippen LogP contribution >= 0.6 is 0 Å². The van der Waals surface area contributed by atoms with Gasteiger partial charge in [0.25, 0.3) is 0 Å². The molecule has 0 aliphatic heterocycles. The van der Waals surface area contributed by atoms with Crippen molar-refractivity contribution in [2.45, 2.75) is 83.7 Å². The average Bonchev–Trinajstić information content (AvgIpc) is 2.37. The van der Waals surface area contributed by atoms with E-state index in [2.05, 4.69) is 19.2 Å². The minimum absolute atomic E-state index is 0.327. The highest BCUT2D eigenvalue weighted by Gasteiger charge is 2.23. The summed E-state index contributed by atoms with van der Waals surface area (Å²) in [5.74, 6) is 0.903. The third kappa shape index (κ3) is 5.87. The fourth-order valence-electron chi connectivity index (χ4n) is 3.15. The first-order chi connectivity index (χ1) is 8.27. The summed E-state index contributed by atoms with van der Waals surface area (Å²) in [5.41, 5.74) is 0. The van der Waals surface area contributed by atoms with Crippen molar-refractivity contribution >= 4 is 0 Å². The second-order valence-electron chi connectivity index (χ2n) is 5.73. The van der Waals surface area contributed by atoms with E-state index in [1.165, 1.54) is 44.9 Å². The number of aliphatic hydroxyl groups excluding tert-OH is 1. The lowest BCUT2D eigenvalue weighted by Gasteiger charge is -2.33. The fraction of sp³-hybridized carbons (Fsp3) is 1.00. The summed E-state index contributed by atoms with van der Waals surface area (Å²) in [7, 11) is 0. The quantitative estimate of drug-likeness (QED) is 0.682. The monoisotopic (exact) mass is 241 g/mol. The van der Waals surface area contributed by atoms with Crippen LogP contribution in [0.15, 0.2) is 0 Å². The first-order valence-electron chi connectivity index (χ1n) is 7.64. The zero-order valence-corrected chi connectivity index (χ0v) is 11.8. The lowest BCUT2D eigenvalue weighted by molar-refractivity contribution is 0.229. The summed E-state index contributed by atoms with van der Waals surface area (Å²) in [6.07, 6.45) is 11.8. The summed E-state index contributed by atoms with van der Waals surface area (Å²) in [6, 6.07) is 1.27. The molecule has 1 saturated carbocycles. The fourth-order valence-corrected chi connectivity index (χ4v) is 3.15. The van der Waals surface area contributed by atoms with Crippen LogP contribution in [-0.2, 0) is 0 Å². The number of aliphatic hydroxyl groups is 1. The topological polar surface area (TPSA) is 32.3 Å². The van der Waals surface area contributed by atoms with E-state index in [0.717, 1.165) is 18.8 Å². The Morgan fingerprint density at radius 1 is 1.18 bits per heavy atom. The van der Waals surface area contributed by atoms with Crippen molar-refractivity contribution in [1.82, 2.24) is 5.32 Å². The maximum Gasteiger partial charge on any atom is 0.0431 e. The second kappa shape index (κ2) is 8.93. The third-order valence-electron chi connectivity index (χ3n) is 4.11. The van der Waals surface area contributed by atoms with E-state index in [9.17, 15) is 0 Å². The normalized spacial score (nSPS) is 21.4. The smallest absolute Gasteiger partial charge is 0.0431 e. The molecule has 0 aromatic rings. The molecule has 1 aliphatic carbocycles. The zero-order chi connectivity index (χ0) is 12.5. The second-order valence-corrected chi connectivity index (χ2v) is 5.73. The molecule has 2 heteroatoms. The number of hydrogen-bond acceptors (Lipinski definition) is 2. The van der Waals surface area contributed by atoms with Gasteiger partial charge >= 0.3 is 0 Å². The van der Waals surface area contributed by atoms with Crippen molar-refractivity contribution in [2.75, 3.05) is 6.61 Å². The highest BCUT2D eigenvalue weighted by molar-refractivity contribution is 4.81. The Labute approximate surface area is 107 Å². The van der Waals surface area contributed by atoms with Crippen LogP contribution in [0.5, 0.6) is 0 Å².